The average Bonchev–Trinajstić information content (AvgIpc) is 2.33. The number of ether oxygens (including phenoxy) is 1. The summed E-state index contributed by atoms with van der Waals surface area (Å²) in [5.41, 5.74) is -0.189. The molecule has 0 aromatic heterocycles. The highest BCUT2D eigenvalue weighted by atomic mass is 19.1. The van der Waals surface area contributed by atoms with Crippen LogP contribution in [0.15, 0.2) is 36.4 Å². The molecule has 0 atom stereocenters. The van der Waals surface area contributed by atoms with Crippen LogP contribution in [0.3, 0.4) is 0 Å². The molecule has 0 amide bonds. The van der Waals surface area contributed by atoms with Crippen molar-refractivity contribution in [2.45, 2.75) is 6.92 Å². The maximum absolute atomic E-state index is 13.4. The molecule has 6 heteroatoms. The predicted octanol–water partition coefficient (Wildman–Crippen LogP) is 3.97. The minimum Gasteiger partial charge on any atom is -0.450 e. The molecule has 0 aliphatic heterocycles. The normalized spacial score (nSPS) is 10.3. The lowest BCUT2D eigenvalue weighted by Crippen LogP contribution is -1.97. The first-order chi connectivity index (χ1) is 8.99. The molecule has 98 valence electrons. The number of aryl methyl sites for hydroxylation is 1. The lowest BCUT2D eigenvalue weighted by molar-refractivity contribution is -0.388. The van der Waals surface area contributed by atoms with Crippen molar-refractivity contribution in [3.63, 3.8) is 0 Å². The Balaban J connectivity index is 2.46. The van der Waals surface area contributed by atoms with E-state index in [-0.39, 0.29) is 11.5 Å². The molecule has 0 spiro atoms. The van der Waals surface area contributed by atoms with Crippen LogP contribution < -0.4 is 4.74 Å². The van der Waals surface area contributed by atoms with Gasteiger partial charge in [-0.3, -0.25) is 10.1 Å². The van der Waals surface area contributed by atoms with Gasteiger partial charge in [0.2, 0.25) is 11.6 Å². The molecule has 0 saturated heterocycles. The topological polar surface area (TPSA) is 52.4 Å². The molecular weight excluding hydrogens is 256 g/mol. The Kier molecular flexibility index (Phi) is 3.41. The zero-order valence-electron chi connectivity index (χ0n) is 9.89. The van der Waals surface area contributed by atoms with Crippen LogP contribution in [0.2, 0.25) is 0 Å². The molecule has 2 aromatic rings. The Morgan fingerprint density at radius 3 is 2.58 bits per heavy atom. The van der Waals surface area contributed by atoms with Gasteiger partial charge in [0.05, 0.1) is 4.92 Å². The molecule has 0 fully saturated rings. The third-order valence-corrected chi connectivity index (χ3v) is 2.50. The largest absolute Gasteiger partial charge is 0.450 e. The summed E-state index contributed by atoms with van der Waals surface area (Å²) < 4.78 is 31.7. The van der Waals surface area contributed by atoms with E-state index in [1.807, 2.05) is 0 Å². The molecule has 0 heterocycles. The second-order valence-corrected chi connectivity index (χ2v) is 3.86. The number of hydrogen-bond acceptors (Lipinski definition) is 3. The van der Waals surface area contributed by atoms with E-state index in [1.54, 1.807) is 6.92 Å². The predicted molar refractivity (Wildman–Crippen MR) is 64.3 cm³/mol. The van der Waals surface area contributed by atoms with Crippen molar-refractivity contribution in [3.8, 4) is 11.5 Å². The molecule has 19 heavy (non-hydrogen) atoms. The Morgan fingerprint density at radius 1 is 1.16 bits per heavy atom. The van der Waals surface area contributed by atoms with Crippen molar-refractivity contribution in [1.82, 2.24) is 0 Å². The second-order valence-electron chi connectivity index (χ2n) is 3.86. The van der Waals surface area contributed by atoms with Crippen molar-refractivity contribution in [2.75, 3.05) is 0 Å². The summed E-state index contributed by atoms with van der Waals surface area (Å²) >= 11 is 0. The summed E-state index contributed by atoms with van der Waals surface area (Å²) in [5, 5.41) is 10.8. The van der Waals surface area contributed by atoms with Gasteiger partial charge in [-0.2, -0.15) is 4.39 Å². The number of hydrogen-bond donors (Lipinski definition) is 0. The van der Waals surface area contributed by atoms with Gasteiger partial charge in [0.25, 0.3) is 0 Å². The fourth-order valence-corrected chi connectivity index (χ4v) is 1.56. The molecule has 0 aliphatic rings. The molecule has 4 nitrogen and oxygen atoms in total. The van der Waals surface area contributed by atoms with Crippen molar-refractivity contribution in [2.24, 2.45) is 0 Å². The number of nitro groups is 1. The standard InChI is InChI=1S/C13H9F2NO3/c1-8-5-6-9(14)7-12(8)19-11-4-2-3-10(15)13(11)16(17)18/h2-7H,1H3. The highest BCUT2D eigenvalue weighted by molar-refractivity contribution is 5.50. The van der Waals surface area contributed by atoms with E-state index >= 15 is 0 Å². The average molecular weight is 265 g/mol. The summed E-state index contributed by atoms with van der Waals surface area (Å²) in [6, 6.07) is 7.29. The van der Waals surface area contributed by atoms with Crippen molar-refractivity contribution in [1.29, 1.82) is 0 Å². The van der Waals surface area contributed by atoms with Crippen molar-refractivity contribution >= 4 is 5.69 Å². The van der Waals surface area contributed by atoms with Crippen LogP contribution in [0.25, 0.3) is 0 Å². The van der Waals surface area contributed by atoms with Crippen LogP contribution in [0.5, 0.6) is 11.5 Å². The zero-order chi connectivity index (χ0) is 14.0. The first-order valence-electron chi connectivity index (χ1n) is 5.36. The molecule has 0 unspecified atom stereocenters. The van der Waals surface area contributed by atoms with Crippen LogP contribution in [-0.2, 0) is 0 Å². The second kappa shape index (κ2) is 5.01. The fraction of sp³-hybridized carbons (Fsp3) is 0.0769. The Labute approximate surface area is 107 Å². The number of para-hydroxylation sites is 1. The molecule has 2 rings (SSSR count). The number of nitro benzene ring substituents is 1. The number of halogens is 2. The smallest absolute Gasteiger partial charge is 0.346 e. The molecule has 0 bridgehead atoms. The first-order valence-corrected chi connectivity index (χ1v) is 5.36. The number of rotatable bonds is 3. The summed E-state index contributed by atoms with van der Waals surface area (Å²) in [4.78, 5) is 9.92. The van der Waals surface area contributed by atoms with E-state index in [9.17, 15) is 18.9 Å². The van der Waals surface area contributed by atoms with E-state index in [0.717, 1.165) is 12.1 Å². The minimum atomic E-state index is -1.00. The number of benzene rings is 2. The highest BCUT2D eigenvalue weighted by Gasteiger charge is 2.22. The van der Waals surface area contributed by atoms with Gasteiger partial charge in [-0.15, -0.1) is 0 Å². The quantitative estimate of drug-likeness (QED) is 0.623. The van der Waals surface area contributed by atoms with Gasteiger partial charge in [-0.1, -0.05) is 12.1 Å². The lowest BCUT2D eigenvalue weighted by Gasteiger charge is -2.09. The van der Waals surface area contributed by atoms with Gasteiger partial charge < -0.3 is 4.74 Å². The van der Waals surface area contributed by atoms with Gasteiger partial charge >= 0.3 is 5.69 Å². The van der Waals surface area contributed by atoms with Gasteiger partial charge in [-0.05, 0) is 30.7 Å². The summed E-state index contributed by atoms with van der Waals surface area (Å²) in [5.74, 6) is -1.70. The Hall–Kier alpha value is -2.50. The first kappa shape index (κ1) is 12.9. The monoisotopic (exact) mass is 265 g/mol. The molecule has 0 aliphatic carbocycles. The third kappa shape index (κ3) is 2.67. The summed E-state index contributed by atoms with van der Waals surface area (Å²) in [6.07, 6.45) is 0. The van der Waals surface area contributed by atoms with Gasteiger partial charge in [0, 0.05) is 6.07 Å². The lowest BCUT2D eigenvalue weighted by atomic mass is 10.2. The molecule has 0 radical (unpaired) electrons. The highest BCUT2D eigenvalue weighted by Crippen LogP contribution is 2.34. The van der Waals surface area contributed by atoms with Gasteiger partial charge in [-0.25, -0.2) is 4.39 Å². The zero-order valence-corrected chi connectivity index (χ0v) is 9.89. The van der Waals surface area contributed by atoms with Crippen LogP contribution in [0.4, 0.5) is 14.5 Å². The van der Waals surface area contributed by atoms with Crippen molar-refractivity contribution in [3.05, 3.63) is 63.7 Å². The van der Waals surface area contributed by atoms with E-state index < -0.39 is 22.2 Å². The van der Waals surface area contributed by atoms with Gasteiger partial charge in [0.1, 0.15) is 11.6 Å². The van der Waals surface area contributed by atoms with E-state index in [0.29, 0.717) is 5.56 Å². The maximum Gasteiger partial charge on any atom is 0.346 e. The van der Waals surface area contributed by atoms with E-state index in [2.05, 4.69) is 0 Å². The van der Waals surface area contributed by atoms with Crippen LogP contribution in [0, 0.1) is 28.7 Å². The molecule has 2 aromatic carbocycles. The van der Waals surface area contributed by atoms with E-state index in [1.165, 1.54) is 24.3 Å². The van der Waals surface area contributed by atoms with Gasteiger partial charge in [0.15, 0.2) is 0 Å². The van der Waals surface area contributed by atoms with E-state index in [4.69, 9.17) is 4.74 Å². The molecular formula is C13H9F2NO3. The van der Waals surface area contributed by atoms with Crippen LogP contribution >= 0.6 is 0 Å². The maximum atomic E-state index is 13.4. The summed E-state index contributed by atoms with van der Waals surface area (Å²) in [6.45, 7) is 1.65. The fourth-order valence-electron chi connectivity index (χ4n) is 1.56. The summed E-state index contributed by atoms with van der Waals surface area (Å²) in [7, 11) is 0. The van der Waals surface area contributed by atoms with Crippen LogP contribution in [-0.4, -0.2) is 4.92 Å². The molecule has 0 N–H and O–H groups in total. The van der Waals surface area contributed by atoms with Crippen molar-refractivity contribution < 1.29 is 18.4 Å². The number of nitrogens with zero attached hydrogens (tertiary/aromatic N) is 1. The van der Waals surface area contributed by atoms with Crippen LogP contribution in [0.1, 0.15) is 5.56 Å². The third-order valence-electron chi connectivity index (χ3n) is 2.50. The minimum absolute atomic E-state index is 0.105. The SMILES string of the molecule is Cc1ccc(F)cc1Oc1cccc(F)c1[N+](=O)[O-]. The Morgan fingerprint density at radius 2 is 1.89 bits per heavy atom. The Bertz CT molecular complexity index is 644. The molecule has 0 saturated carbocycles.